The quantitative estimate of drug-likeness (QED) is 0.286. The van der Waals surface area contributed by atoms with Crippen LogP contribution in [0.3, 0.4) is 0 Å². The summed E-state index contributed by atoms with van der Waals surface area (Å²) in [4.78, 5) is 22.9. The van der Waals surface area contributed by atoms with E-state index >= 15 is 0 Å². The van der Waals surface area contributed by atoms with Gasteiger partial charge in [0.25, 0.3) is 0 Å². The molecule has 4 heterocycles. The van der Waals surface area contributed by atoms with Crippen molar-refractivity contribution in [2.45, 2.75) is 44.7 Å². The summed E-state index contributed by atoms with van der Waals surface area (Å²) in [7, 11) is 2.21. The second-order valence-electron chi connectivity index (χ2n) is 11.7. The number of rotatable bonds is 5. The second kappa shape index (κ2) is 10.9. The highest BCUT2D eigenvalue weighted by molar-refractivity contribution is 6.00. The Morgan fingerprint density at radius 1 is 0.905 bits per heavy atom. The van der Waals surface area contributed by atoms with Crippen molar-refractivity contribution in [2.24, 2.45) is 0 Å². The lowest BCUT2D eigenvalue weighted by Crippen LogP contribution is -2.49. The molecule has 0 atom stereocenters. The van der Waals surface area contributed by atoms with E-state index < -0.39 is 0 Å². The highest BCUT2D eigenvalue weighted by Gasteiger charge is 2.30. The van der Waals surface area contributed by atoms with Gasteiger partial charge in [-0.1, -0.05) is 18.2 Å². The van der Waals surface area contributed by atoms with Crippen LogP contribution in [-0.2, 0) is 0 Å². The van der Waals surface area contributed by atoms with Gasteiger partial charge in [0.05, 0.1) is 16.3 Å². The van der Waals surface area contributed by atoms with E-state index in [1.54, 1.807) is 19.3 Å². The van der Waals surface area contributed by atoms with Crippen molar-refractivity contribution in [2.75, 3.05) is 44.3 Å². The molecule has 1 saturated heterocycles. The summed E-state index contributed by atoms with van der Waals surface area (Å²) in [5, 5.41) is 4.56. The first kappa shape index (κ1) is 26.7. The molecule has 0 amide bonds. The largest absolute Gasteiger partial charge is 0.383 e. The monoisotopic (exact) mass is 565 g/mol. The summed E-state index contributed by atoms with van der Waals surface area (Å²) in [6, 6.07) is 12.7. The molecular formula is C32H36FN9. The van der Waals surface area contributed by atoms with Crippen molar-refractivity contribution in [1.29, 1.82) is 0 Å². The SMILES string of the molecule is Cc1ccc2nc(Nc3ccc(-c4cn([C@H]5CC[C@@H](N6CCN(C)CC6)CC5)c5ncnc(N)c45)cc3)ncc2c1F. The predicted molar refractivity (Wildman–Crippen MR) is 165 cm³/mol. The Morgan fingerprint density at radius 3 is 2.40 bits per heavy atom. The summed E-state index contributed by atoms with van der Waals surface area (Å²) in [6.07, 6.45) is 9.96. The van der Waals surface area contributed by atoms with E-state index in [-0.39, 0.29) is 5.82 Å². The standard InChI is InChI=1S/C32H36FN9/c1-20-3-12-27-25(29(20)33)17-35-32(39-27)38-22-6-4-21(5-7-22)26-18-42(31-28(26)30(34)36-19-37-31)24-10-8-23(9-11-24)41-15-13-40(2)14-16-41/h3-7,12,17-19,23-24H,8-11,13-16H2,1-2H3,(H2,34,36,37)(H,35,38,39)/t23-,24+. The van der Waals surface area contributed by atoms with E-state index in [2.05, 4.69) is 60.0 Å². The number of aromatic nitrogens is 5. The van der Waals surface area contributed by atoms with Crippen molar-refractivity contribution in [1.82, 2.24) is 34.3 Å². The zero-order chi connectivity index (χ0) is 28.8. The van der Waals surface area contributed by atoms with E-state index in [0.29, 0.717) is 40.3 Å². The summed E-state index contributed by atoms with van der Waals surface area (Å²) in [5.74, 6) is 0.628. The average molecular weight is 566 g/mol. The molecule has 2 aliphatic rings. The Labute approximate surface area is 244 Å². The van der Waals surface area contributed by atoms with E-state index in [1.165, 1.54) is 32.1 Å². The predicted octanol–water partition coefficient (Wildman–Crippen LogP) is 5.55. The van der Waals surface area contributed by atoms with Gasteiger partial charge in [-0.05, 0) is 69.0 Å². The molecule has 0 unspecified atom stereocenters. The Hall–Kier alpha value is -4.15. The molecule has 2 fully saturated rings. The number of nitrogen functional groups attached to an aromatic ring is 1. The van der Waals surface area contributed by atoms with Crippen LogP contribution in [0, 0.1) is 12.7 Å². The number of hydrogen-bond donors (Lipinski definition) is 2. The average Bonchev–Trinajstić information content (AvgIpc) is 3.41. The normalized spacial score (nSPS) is 20.4. The van der Waals surface area contributed by atoms with Crippen LogP contribution in [-0.4, -0.2) is 73.6 Å². The molecule has 10 heteroatoms. The molecular weight excluding hydrogens is 529 g/mol. The molecule has 42 heavy (non-hydrogen) atoms. The summed E-state index contributed by atoms with van der Waals surface area (Å²) < 4.78 is 16.7. The molecule has 0 spiro atoms. The van der Waals surface area contributed by atoms with Gasteiger partial charge in [0.1, 0.15) is 23.6 Å². The van der Waals surface area contributed by atoms with Crippen LogP contribution in [0.4, 0.5) is 21.8 Å². The minimum absolute atomic E-state index is 0.283. The fourth-order valence-corrected chi connectivity index (χ4v) is 6.60. The number of hydrogen-bond acceptors (Lipinski definition) is 8. The Bertz CT molecular complexity index is 1730. The van der Waals surface area contributed by atoms with Gasteiger partial charge in [-0.3, -0.25) is 4.90 Å². The molecule has 9 nitrogen and oxygen atoms in total. The Balaban J connectivity index is 1.12. The van der Waals surface area contributed by atoms with Crippen LogP contribution in [0.25, 0.3) is 33.1 Å². The topological polar surface area (TPSA) is 101 Å². The van der Waals surface area contributed by atoms with Crippen LogP contribution in [0.15, 0.2) is 55.1 Å². The lowest BCUT2D eigenvalue weighted by molar-refractivity contribution is 0.0828. The zero-order valence-electron chi connectivity index (χ0n) is 24.1. The van der Waals surface area contributed by atoms with Gasteiger partial charge >= 0.3 is 0 Å². The van der Waals surface area contributed by atoms with Gasteiger partial charge in [0.2, 0.25) is 5.95 Å². The van der Waals surface area contributed by atoms with Crippen molar-refractivity contribution in [3.8, 4) is 11.1 Å². The maximum absolute atomic E-state index is 14.4. The molecule has 2 aromatic carbocycles. The lowest BCUT2D eigenvalue weighted by atomic mass is 9.89. The summed E-state index contributed by atoms with van der Waals surface area (Å²) >= 11 is 0. The first-order chi connectivity index (χ1) is 20.4. The number of aryl methyl sites for hydroxylation is 1. The van der Waals surface area contributed by atoms with Crippen LogP contribution in [0.5, 0.6) is 0 Å². The molecule has 1 saturated carbocycles. The Kier molecular flexibility index (Phi) is 6.95. The van der Waals surface area contributed by atoms with E-state index in [4.69, 9.17) is 10.7 Å². The molecule has 3 aromatic heterocycles. The van der Waals surface area contributed by atoms with Crippen molar-refractivity contribution >= 4 is 39.4 Å². The molecule has 1 aliphatic heterocycles. The highest BCUT2D eigenvalue weighted by Crippen LogP contribution is 2.39. The first-order valence-electron chi connectivity index (χ1n) is 14.8. The van der Waals surface area contributed by atoms with Crippen LogP contribution < -0.4 is 11.1 Å². The number of likely N-dealkylation sites (N-methyl/N-ethyl adjacent to an activating group) is 1. The number of nitrogens with one attached hydrogen (secondary N) is 1. The van der Waals surface area contributed by atoms with Gasteiger partial charge in [-0.15, -0.1) is 0 Å². The third-order valence-electron chi connectivity index (χ3n) is 9.10. The van der Waals surface area contributed by atoms with Gasteiger partial charge in [-0.2, -0.15) is 0 Å². The fourth-order valence-electron chi connectivity index (χ4n) is 6.60. The minimum atomic E-state index is -0.283. The van der Waals surface area contributed by atoms with E-state index in [1.807, 2.05) is 18.2 Å². The smallest absolute Gasteiger partial charge is 0.227 e. The Morgan fingerprint density at radius 2 is 1.64 bits per heavy atom. The number of halogens is 1. The van der Waals surface area contributed by atoms with E-state index in [0.717, 1.165) is 53.8 Å². The van der Waals surface area contributed by atoms with Gasteiger partial charge in [0.15, 0.2) is 0 Å². The van der Waals surface area contributed by atoms with Crippen LogP contribution >= 0.6 is 0 Å². The number of fused-ring (bicyclic) bond motifs is 2. The molecule has 1 aliphatic carbocycles. The maximum atomic E-state index is 14.4. The molecule has 3 N–H and O–H groups in total. The van der Waals surface area contributed by atoms with Crippen molar-refractivity contribution in [3.05, 3.63) is 66.5 Å². The highest BCUT2D eigenvalue weighted by atomic mass is 19.1. The number of benzene rings is 2. The second-order valence-corrected chi connectivity index (χ2v) is 11.7. The maximum Gasteiger partial charge on any atom is 0.227 e. The molecule has 5 aromatic rings. The van der Waals surface area contributed by atoms with Gasteiger partial charge < -0.3 is 20.5 Å². The van der Waals surface area contributed by atoms with Crippen LogP contribution in [0.2, 0.25) is 0 Å². The molecule has 0 radical (unpaired) electrons. The fraction of sp³-hybridized carbons (Fsp3) is 0.375. The third kappa shape index (κ3) is 4.94. The molecule has 0 bridgehead atoms. The van der Waals surface area contributed by atoms with Gasteiger partial charge in [0, 0.05) is 61.9 Å². The molecule has 216 valence electrons. The first-order valence-corrected chi connectivity index (χ1v) is 14.8. The van der Waals surface area contributed by atoms with Crippen LogP contribution in [0.1, 0.15) is 37.3 Å². The number of nitrogens with zero attached hydrogens (tertiary/aromatic N) is 7. The zero-order valence-corrected chi connectivity index (χ0v) is 24.1. The van der Waals surface area contributed by atoms with E-state index in [9.17, 15) is 4.39 Å². The van der Waals surface area contributed by atoms with Crippen molar-refractivity contribution < 1.29 is 4.39 Å². The number of nitrogens with two attached hydrogens (primary N) is 1. The molecule has 7 rings (SSSR count). The van der Waals surface area contributed by atoms with Crippen molar-refractivity contribution in [3.63, 3.8) is 0 Å². The van der Waals surface area contributed by atoms with Gasteiger partial charge in [-0.25, -0.2) is 24.3 Å². The summed E-state index contributed by atoms with van der Waals surface area (Å²) in [6.45, 7) is 6.39. The number of piperazine rings is 1. The number of anilines is 3. The summed E-state index contributed by atoms with van der Waals surface area (Å²) in [5.41, 5.74) is 11.4. The third-order valence-corrected chi connectivity index (χ3v) is 9.10. The lowest BCUT2D eigenvalue weighted by Gasteiger charge is -2.41. The minimum Gasteiger partial charge on any atom is -0.383 e.